The standard InChI is InChI=1S/C11H17N3O2/c12-7-11(3-4-11)10-13-9(14-16-10)8-1-5-15-6-2-8/h8H,1-7,12H2. The molecule has 5 heteroatoms. The Bertz CT molecular complexity index is 367. The summed E-state index contributed by atoms with van der Waals surface area (Å²) in [5.74, 6) is 1.99. The summed E-state index contributed by atoms with van der Waals surface area (Å²) in [6.45, 7) is 2.22. The fourth-order valence-electron chi connectivity index (χ4n) is 2.23. The number of hydrogen-bond donors (Lipinski definition) is 1. The predicted octanol–water partition coefficient (Wildman–Crippen LogP) is 0.954. The molecule has 16 heavy (non-hydrogen) atoms. The first-order valence-electron chi connectivity index (χ1n) is 5.96. The van der Waals surface area contributed by atoms with Crippen molar-refractivity contribution in [1.29, 1.82) is 0 Å². The van der Waals surface area contributed by atoms with Gasteiger partial charge >= 0.3 is 0 Å². The molecule has 0 bridgehead atoms. The molecule has 1 saturated heterocycles. The second kappa shape index (κ2) is 3.82. The lowest BCUT2D eigenvalue weighted by Crippen LogP contribution is -2.20. The maximum atomic E-state index is 5.74. The van der Waals surface area contributed by atoms with Gasteiger partial charge < -0.3 is 15.0 Å². The molecule has 2 heterocycles. The molecule has 0 unspecified atom stereocenters. The molecular weight excluding hydrogens is 206 g/mol. The molecular formula is C11H17N3O2. The van der Waals surface area contributed by atoms with Crippen LogP contribution in [0.2, 0.25) is 0 Å². The van der Waals surface area contributed by atoms with Crippen molar-refractivity contribution in [1.82, 2.24) is 10.1 Å². The summed E-state index contributed by atoms with van der Waals surface area (Å²) < 4.78 is 10.7. The number of rotatable bonds is 3. The molecule has 5 nitrogen and oxygen atoms in total. The van der Waals surface area contributed by atoms with Gasteiger partial charge in [-0.3, -0.25) is 0 Å². The van der Waals surface area contributed by atoms with Gasteiger partial charge in [-0.25, -0.2) is 0 Å². The van der Waals surface area contributed by atoms with Crippen LogP contribution in [0.4, 0.5) is 0 Å². The first-order valence-corrected chi connectivity index (χ1v) is 5.96. The summed E-state index contributed by atoms with van der Waals surface area (Å²) in [4.78, 5) is 4.53. The summed E-state index contributed by atoms with van der Waals surface area (Å²) in [6.07, 6.45) is 4.15. The van der Waals surface area contributed by atoms with Gasteiger partial charge in [0.15, 0.2) is 5.82 Å². The molecule has 0 atom stereocenters. The highest BCUT2D eigenvalue weighted by molar-refractivity contribution is 5.17. The number of nitrogens with zero attached hydrogens (tertiary/aromatic N) is 2. The minimum atomic E-state index is 0.0103. The summed E-state index contributed by atoms with van der Waals surface area (Å²) in [7, 11) is 0. The van der Waals surface area contributed by atoms with Gasteiger partial charge in [0.2, 0.25) is 5.89 Å². The van der Waals surface area contributed by atoms with Gasteiger partial charge in [-0.15, -0.1) is 0 Å². The monoisotopic (exact) mass is 223 g/mol. The van der Waals surface area contributed by atoms with Gasteiger partial charge in [0.1, 0.15) is 0 Å². The summed E-state index contributed by atoms with van der Waals surface area (Å²) in [6, 6.07) is 0. The van der Waals surface area contributed by atoms with Gasteiger partial charge in [0.05, 0.1) is 5.41 Å². The quantitative estimate of drug-likeness (QED) is 0.826. The maximum Gasteiger partial charge on any atom is 0.234 e. The van der Waals surface area contributed by atoms with Crippen molar-refractivity contribution in [3.8, 4) is 0 Å². The number of nitrogens with two attached hydrogens (primary N) is 1. The molecule has 0 spiro atoms. The number of hydrogen-bond acceptors (Lipinski definition) is 5. The van der Waals surface area contributed by atoms with Crippen molar-refractivity contribution in [3.05, 3.63) is 11.7 Å². The SMILES string of the molecule is NCC1(c2nc(C3CCOCC3)no2)CC1. The highest BCUT2D eigenvalue weighted by atomic mass is 16.5. The van der Waals surface area contributed by atoms with Crippen LogP contribution in [-0.2, 0) is 10.2 Å². The van der Waals surface area contributed by atoms with Crippen LogP contribution in [0.25, 0.3) is 0 Å². The zero-order valence-electron chi connectivity index (χ0n) is 9.32. The van der Waals surface area contributed by atoms with E-state index in [-0.39, 0.29) is 5.41 Å². The van der Waals surface area contributed by atoms with Crippen molar-refractivity contribution >= 4 is 0 Å². The third kappa shape index (κ3) is 1.64. The lowest BCUT2D eigenvalue weighted by molar-refractivity contribution is 0.0830. The smallest absolute Gasteiger partial charge is 0.234 e. The zero-order valence-corrected chi connectivity index (χ0v) is 9.32. The molecule has 0 radical (unpaired) electrons. The highest BCUT2D eigenvalue weighted by Crippen LogP contribution is 2.46. The lowest BCUT2D eigenvalue weighted by Gasteiger charge is -2.18. The van der Waals surface area contributed by atoms with E-state index in [9.17, 15) is 0 Å². The minimum Gasteiger partial charge on any atom is -0.381 e. The second-order valence-corrected chi connectivity index (χ2v) is 4.83. The van der Waals surface area contributed by atoms with Crippen LogP contribution < -0.4 is 5.73 Å². The van der Waals surface area contributed by atoms with Crippen LogP contribution in [-0.4, -0.2) is 29.9 Å². The molecule has 88 valence electrons. The first kappa shape index (κ1) is 10.2. The largest absolute Gasteiger partial charge is 0.381 e. The van der Waals surface area contributed by atoms with E-state index in [1.54, 1.807) is 0 Å². The van der Waals surface area contributed by atoms with E-state index in [0.29, 0.717) is 12.5 Å². The Morgan fingerprint density at radius 1 is 1.31 bits per heavy atom. The Morgan fingerprint density at radius 3 is 2.69 bits per heavy atom. The van der Waals surface area contributed by atoms with E-state index in [1.807, 2.05) is 0 Å². The molecule has 3 rings (SSSR count). The summed E-state index contributed by atoms with van der Waals surface area (Å²) in [5, 5.41) is 4.10. The van der Waals surface area contributed by atoms with Gasteiger partial charge in [-0.2, -0.15) is 4.98 Å². The molecule has 0 aromatic carbocycles. The third-order valence-corrected chi connectivity index (χ3v) is 3.73. The van der Waals surface area contributed by atoms with Crippen molar-refractivity contribution in [2.75, 3.05) is 19.8 Å². The molecule has 1 aromatic heterocycles. The number of aromatic nitrogens is 2. The molecule has 1 saturated carbocycles. The minimum absolute atomic E-state index is 0.0103. The average Bonchev–Trinajstić information content (AvgIpc) is 3.00. The highest BCUT2D eigenvalue weighted by Gasteiger charge is 2.48. The van der Waals surface area contributed by atoms with E-state index in [0.717, 1.165) is 50.6 Å². The van der Waals surface area contributed by atoms with Crippen LogP contribution >= 0.6 is 0 Å². The van der Waals surface area contributed by atoms with Crippen LogP contribution in [0.3, 0.4) is 0 Å². The Labute approximate surface area is 94.3 Å². The van der Waals surface area contributed by atoms with Crippen molar-refractivity contribution in [3.63, 3.8) is 0 Å². The van der Waals surface area contributed by atoms with E-state index in [2.05, 4.69) is 10.1 Å². The molecule has 2 N–H and O–H groups in total. The van der Waals surface area contributed by atoms with Crippen LogP contribution in [0.1, 0.15) is 43.3 Å². The lowest BCUT2D eigenvalue weighted by atomic mass is 10.00. The molecule has 2 aliphatic rings. The van der Waals surface area contributed by atoms with Gasteiger partial charge in [-0.05, 0) is 25.7 Å². The average molecular weight is 223 g/mol. The molecule has 1 aliphatic heterocycles. The third-order valence-electron chi connectivity index (χ3n) is 3.73. The molecule has 1 aromatic rings. The van der Waals surface area contributed by atoms with Crippen molar-refractivity contribution in [2.24, 2.45) is 5.73 Å². The van der Waals surface area contributed by atoms with Gasteiger partial charge in [-0.1, -0.05) is 5.16 Å². The van der Waals surface area contributed by atoms with Crippen LogP contribution in [0, 0.1) is 0 Å². The second-order valence-electron chi connectivity index (χ2n) is 4.83. The first-order chi connectivity index (χ1) is 7.84. The van der Waals surface area contributed by atoms with Crippen LogP contribution in [0.15, 0.2) is 4.52 Å². The van der Waals surface area contributed by atoms with Crippen molar-refractivity contribution in [2.45, 2.75) is 37.0 Å². The van der Waals surface area contributed by atoms with Gasteiger partial charge in [0.25, 0.3) is 0 Å². The van der Waals surface area contributed by atoms with Crippen molar-refractivity contribution < 1.29 is 9.26 Å². The fourth-order valence-corrected chi connectivity index (χ4v) is 2.23. The van der Waals surface area contributed by atoms with Crippen LogP contribution in [0.5, 0.6) is 0 Å². The Balaban J connectivity index is 1.77. The topological polar surface area (TPSA) is 74.2 Å². The Morgan fingerprint density at radius 2 is 2.06 bits per heavy atom. The normalized spacial score (nSPS) is 24.6. The van der Waals surface area contributed by atoms with E-state index < -0.39 is 0 Å². The molecule has 2 fully saturated rings. The predicted molar refractivity (Wildman–Crippen MR) is 57.1 cm³/mol. The maximum absolute atomic E-state index is 5.74. The van der Waals surface area contributed by atoms with E-state index >= 15 is 0 Å². The molecule has 1 aliphatic carbocycles. The zero-order chi connectivity index (χ0) is 11.0. The Kier molecular flexibility index (Phi) is 2.44. The van der Waals surface area contributed by atoms with E-state index in [4.69, 9.17) is 15.0 Å². The van der Waals surface area contributed by atoms with Gasteiger partial charge in [0, 0.05) is 25.7 Å². The van der Waals surface area contributed by atoms with E-state index in [1.165, 1.54) is 0 Å². The summed E-state index contributed by atoms with van der Waals surface area (Å²) >= 11 is 0. The number of ether oxygens (including phenoxy) is 1. The summed E-state index contributed by atoms with van der Waals surface area (Å²) in [5.41, 5.74) is 5.75. The Hall–Kier alpha value is -0.940. The fraction of sp³-hybridized carbons (Fsp3) is 0.818. The molecule has 0 amide bonds.